The zero-order valence-corrected chi connectivity index (χ0v) is 20.9. The van der Waals surface area contributed by atoms with E-state index in [9.17, 15) is 19.2 Å². The number of benzene rings is 1. The lowest BCUT2D eigenvalue weighted by molar-refractivity contribution is -0.148. The van der Waals surface area contributed by atoms with Crippen LogP contribution in [0.2, 0.25) is 0 Å². The number of nitrogens with zero attached hydrogens (tertiary/aromatic N) is 3. The summed E-state index contributed by atoms with van der Waals surface area (Å²) in [6, 6.07) is 6.82. The highest BCUT2D eigenvalue weighted by Gasteiger charge is 2.38. The lowest BCUT2D eigenvalue weighted by atomic mass is 9.98. The van der Waals surface area contributed by atoms with E-state index in [0.717, 1.165) is 35.4 Å². The van der Waals surface area contributed by atoms with E-state index in [1.807, 2.05) is 43.1 Å². The van der Waals surface area contributed by atoms with Crippen molar-refractivity contribution in [3.05, 3.63) is 46.6 Å². The number of nitrogens with one attached hydrogen (secondary N) is 3. The average Bonchev–Trinajstić information content (AvgIpc) is 3.44. The minimum Gasteiger partial charge on any atom is -0.348 e. The molecule has 1 aromatic heterocycles. The van der Waals surface area contributed by atoms with Gasteiger partial charge < -0.3 is 16.0 Å². The van der Waals surface area contributed by atoms with Gasteiger partial charge in [0.25, 0.3) is 11.8 Å². The van der Waals surface area contributed by atoms with Gasteiger partial charge in [-0.25, -0.2) is 9.99 Å². The van der Waals surface area contributed by atoms with Gasteiger partial charge >= 0.3 is 0 Å². The van der Waals surface area contributed by atoms with Gasteiger partial charge in [0, 0.05) is 38.0 Å². The van der Waals surface area contributed by atoms with Gasteiger partial charge in [-0.3, -0.25) is 24.2 Å². The van der Waals surface area contributed by atoms with Crippen molar-refractivity contribution in [3.8, 4) is 0 Å². The Hall–Kier alpha value is -3.31. The minimum absolute atomic E-state index is 0.0235. The molecule has 2 aromatic rings. The van der Waals surface area contributed by atoms with Crippen LogP contribution in [0.3, 0.4) is 0 Å². The molecule has 0 saturated carbocycles. The smallest absolute Gasteiger partial charge is 0.280 e. The van der Waals surface area contributed by atoms with E-state index in [-0.39, 0.29) is 41.1 Å². The SMILES string of the molecule is CC(C)NC(=O)c1ncc(NC(=O)C[C@@H](C)C(=O)N[C@@H]2C(=O)N3CCCN3Cc3ccccc32)s1. The first-order valence-electron chi connectivity index (χ1n) is 11.7. The molecule has 2 aliphatic rings. The van der Waals surface area contributed by atoms with E-state index >= 15 is 0 Å². The summed E-state index contributed by atoms with van der Waals surface area (Å²) in [4.78, 5) is 55.0. The highest BCUT2D eigenvalue weighted by molar-refractivity contribution is 7.17. The highest BCUT2D eigenvalue weighted by atomic mass is 32.1. The fourth-order valence-corrected chi connectivity index (χ4v) is 5.00. The molecule has 11 heteroatoms. The molecule has 0 radical (unpaired) electrons. The first-order chi connectivity index (χ1) is 16.7. The zero-order valence-electron chi connectivity index (χ0n) is 20.0. The number of aromatic nitrogens is 1. The number of hydrogen-bond acceptors (Lipinski definition) is 7. The van der Waals surface area contributed by atoms with E-state index in [1.165, 1.54) is 6.20 Å². The van der Waals surface area contributed by atoms with Crippen LogP contribution in [0.25, 0.3) is 0 Å². The normalized spacial score (nSPS) is 18.5. The van der Waals surface area contributed by atoms with Crippen LogP contribution in [0.15, 0.2) is 30.5 Å². The summed E-state index contributed by atoms with van der Waals surface area (Å²) in [7, 11) is 0. The molecule has 4 amide bonds. The van der Waals surface area contributed by atoms with E-state index in [1.54, 1.807) is 11.9 Å². The van der Waals surface area contributed by atoms with Crippen LogP contribution in [0, 0.1) is 5.92 Å². The number of hydrogen-bond donors (Lipinski definition) is 3. The summed E-state index contributed by atoms with van der Waals surface area (Å²) in [6.07, 6.45) is 2.24. The van der Waals surface area contributed by atoms with Gasteiger partial charge in [-0.2, -0.15) is 0 Å². The van der Waals surface area contributed by atoms with Crippen molar-refractivity contribution in [2.45, 2.75) is 52.2 Å². The fourth-order valence-electron chi connectivity index (χ4n) is 4.26. The standard InChI is InChI=1S/C24H30N6O4S/c1-14(2)26-22(33)23-25-12-19(35-23)27-18(31)11-15(3)21(32)28-20-17-8-5-4-7-16(17)13-29-9-6-10-30(29)24(20)34/h4-5,7-8,12,14-15,20H,6,9-11,13H2,1-3H3,(H,26,33)(H,27,31)(H,28,32)/t15-,20+/m1/s1. The maximum Gasteiger partial charge on any atom is 0.280 e. The zero-order chi connectivity index (χ0) is 25.1. The second-order valence-corrected chi connectivity index (χ2v) is 10.2. The predicted molar refractivity (Wildman–Crippen MR) is 131 cm³/mol. The molecule has 2 aliphatic heterocycles. The first-order valence-corrected chi connectivity index (χ1v) is 12.6. The quantitative estimate of drug-likeness (QED) is 0.537. The predicted octanol–water partition coefficient (Wildman–Crippen LogP) is 2.07. The number of fused-ring (bicyclic) bond motifs is 2. The maximum absolute atomic E-state index is 13.3. The van der Waals surface area contributed by atoms with Gasteiger partial charge in [-0.15, -0.1) is 0 Å². The summed E-state index contributed by atoms with van der Waals surface area (Å²) < 4.78 is 0. The Morgan fingerprint density at radius 2 is 1.94 bits per heavy atom. The minimum atomic E-state index is -0.796. The summed E-state index contributed by atoms with van der Waals surface area (Å²) in [5.74, 6) is -1.87. The van der Waals surface area contributed by atoms with E-state index < -0.39 is 12.0 Å². The molecule has 4 rings (SSSR count). The van der Waals surface area contributed by atoms with Crippen LogP contribution < -0.4 is 16.0 Å². The van der Waals surface area contributed by atoms with Gasteiger partial charge in [-0.05, 0) is 31.4 Å². The van der Waals surface area contributed by atoms with Crippen LogP contribution >= 0.6 is 11.3 Å². The summed E-state index contributed by atoms with van der Waals surface area (Å²) in [5.41, 5.74) is 1.79. The third-order valence-electron chi connectivity index (χ3n) is 5.96. The highest BCUT2D eigenvalue weighted by Crippen LogP contribution is 2.30. The van der Waals surface area contributed by atoms with Crippen molar-refractivity contribution in [3.63, 3.8) is 0 Å². The Balaban J connectivity index is 1.38. The number of anilines is 1. The molecule has 1 fully saturated rings. The third-order valence-corrected chi connectivity index (χ3v) is 6.87. The van der Waals surface area contributed by atoms with Crippen molar-refractivity contribution < 1.29 is 19.2 Å². The Kier molecular flexibility index (Phi) is 7.46. The molecular formula is C24H30N6O4S. The average molecular weight is 499 g/mol. The van der Waals surface area contributed by atoms with Crippen LogP contribution in [0.1, 0.15) is 60.6 Å². The van der Waals surface area contributed by atoms with Gasteiger partial charge in [0.15, 0.2) is 5.01 Å². The molecule has 0 unspecified atom stereocenters. The lowest BCUT2D eigenvalue weighted by Gasteiger charge is -2.28. The number of thiazole rings is 1. The van der Waals surface area contributed by atoms with Gasteiger partial charge in [0.2, 0.25) is 11.8 Å². The van der Waals surface area contributed by atoms with Crippen LogP contribution in [0.4, 0.5) is 5.00 Å². The molecule has 0 bridgehead atoms. The molecule has 1 saturated heterocycles. The molecule has 10 nitrogen and oxygen atoms in total. The van der Waals surface area contributed by atoms with E-state index in [0.29, 0.717) is 18.1 Å². The number of carbonyl (C=O) groups is 4. The third kappa shape index (κ3) is 5.68. The van der Waals surface area contributed by atoms with Gasteiger partial charge in [0.05, 0.1) is 6.20 Å². The first kappa shape index (κ1) is 24.8. The van der Waals surface area contributed by atoms with E-state index in [2.05, 4.69) is 20.9 Å². The molecule has 0 spiro atoms. The second-order valence-electron chi connectivity index (χ2n) is 9.15. The van der Waals surface area contributed by atoms with Crippen LogP contribution in [-0.4, -0.2) is 57.8 Å². The lowest BCUT2D eigenvalue weighted by Crippen LogP contribution is -2.46. The molecule has 3 heterocycles. The number of rotatable bonds is 7. The number of hydrazine groups is 1. The molecule has 3 N–H and O–H groups in total. The van der Waals surface area contributed by atoms with Gasteiger partial charge in [0.1, 0.15) is 11.0 Å². The molecular weight excluding hydrogens is 468 g/mol. The molecule has 1 aromatic carbocycles. The Bertz CT molecular complexity index is 1130. The van der Waals surface area contributed by atoms with Gasteiger partial charge in [-0.1, -0.05) is 42.5 Å². The molecule has 2 atom stereocenters. The monoisotopic (exact) mass is 498 g/mol. The second kappa shape index (κ2) is 10.5. The van der Waals surface area contributed by atoms with Crippen LogP contribution in [-0.2, 0) is 20.9 Å². The fraction of sp³-hybridized carbons (Fsp3) is 0.458. The van der Waals surface area contributed by atoms with Crippen molar-refractivity contribution in [1.29, 1.82) is 0 Å². The van der Waals surface area contributed by atoms with Crippen molar-refractivity contribution in [1.82, 2.24) is 25.6 Å². The molecule has 35 heavy (non-hydrogen) atoms. The van der Waals surface area contributed by atoms with Crippen molar-refractivity contribution >= 4 is 40.0 Å². The van der Waals surface area contributed by atoms with Crippen molar-refractivity contribution in [2.75, 3.05) is 18.4 Å². The number of carbonyl (C=O) groups excluding carboxylic acids is 4. The summed E-state index contributed by atoms with van der Waals surface area (Å²) in [6.45, 7) is 7.40. The Morgan fingerprint density at radius 1 is 1.17 bits per heavy atom. The van der Waals surface area contributed by atoms with Crippen molar-refractivity contribution in [2.24, 2.45) is 5.92 Å². The Morgan fingerprint density at radius 3 is 2.71 bits per heavy atom. The number of amides is 4. The maximum atomic E-state index is 13.3. The molecule has 0 aliphatic carbocycles. The van der Waals surface area contributed by atoms with Crippen LogP contribution in [0.5, 0.6) is 0 Å². The summed E-state index contributed by atoms with van der Waals surface area (Å²) >= 11 is 1.07. The summed E-state index contributed by atoms with van der Waals surface area (Å²) in [5, 5.41) is 12.8. The largest absolute Gasteiger partial charge is 0.348 e. The van der Waals surface area contributed by atoms with E-state index in [4.69, 9.17) is 0 Å². The topological polar surface area (TPSA) is 124 Å². The Labute approximate surface area is 208 Å². The molecule has 186 valence electrons.